The molecule has 0 aliphatic heterocycles. The van der Waals surface area contributed by atoms with E-state index in [0.717, 1.165) is 5.82 Å². The van der Waals surface area contributed by atoms with Gasteiger partial charge >= 0.3 is 0 Å². The summed E-state index contributed by atoms with van der Waals surface area (Å²) in [4.78, 5) is 4.12. The number of hydrogen-bond donors (Lipinski definition) is 1. The average Bonchev–Trinajstić information content (AvgIpc) is 2.58. The molecule has 2 rings (SSSR count). The molecule has 1 N–H and O–H groups in total. The minimum atomic E-state index is 0.478. The average molecular weight is 149 g/mol. The Morgan fingerprint density at radius 2 is 2.55 bits per heavy atom. The van der Waals surface area contributed by atoms with Crippen LogP contribution < -0.4 is 0 Å². The molecule has 58 valence electrons. The minimum Gasteiger partial charge on any atom is -0.263 e. The number of aromatic nitrogens is 3. The van der Waals surface area contributed by atoms with Crippen LogP contribution in [-0.2, 0) is 0 Å². The number of rotatable bonds is 1. The highest BCUT2D eigenvalue weighted by atomic mass is 15.2. The molecular formula is C8H11N3. The molecule has 0 aromatic carbocycles. The molecule has 1 aliphatic carbocycles. The summed E-state index contributed by atoms with van der Waals surface area (Å²) < 4.78 is 0. The van der Waals surface area contributed by atoms with Crippen molar-refractivity contribution < 1.29 is 0 Å². The smallest absolute Gasteiger partial charge is 0.137 e. The summed E-state index contributed by atoms with van der Waals surface area (Å²) in [6, 6.07) is 0. The molecular weight excluding hydrogens is 138 g/mol. The van der Waals surface area contributed by atoms with Gasteiger partial charge in [-0.3, -0.25) is 5.10 Å². The first kappa shape index (κ1) is 6.58. The Labute approximate surface area is 65.5 Å². The summed E-state index contributed by atoms with van der Waals surface area (Å²) in [7, 11) is 0. The topological polar surface area (TPSA) is 41.6 Å². The third kappa shape index (κ3) is 1.31. The molecule has 1 unspecified atom stereocenters. The van der Waals surface area contributed by atoms with Gasteiger partial charge in [0.25, 0.3) is 0 Å². The monoisotopic (exact) mass is 149 g/mol. The van der Waals surface area contributed by atoms with Gasteiger partial charge in [-0.1, -0.05) is 12.2 Å². The molecule has 1 aliphatic rings. The largest absolute Gasteiger partial charge is 0.263 e. The molecule has 0 fully saturated rings. The summed E-state index contributed by atoms with van der Waals surface area (Å²) in [5.74, 6) is 1.48. The molecule has 0 saturated heterocycles. The fourth-order valence-corrected chi connectivity index (χ4v) is 1.43. The van der Waals surface area contributed by atoms with Gasteiger partial charge in [-0.2, -0.15) is 5.10 Å². The van der Waals surface area contributed by atoms with Crippen LogP contribution in [0.2, 0.25) is 0 Å². The van der Waals surface area contributed by atoms with Crippen LogP contribution in [0.1, 0.15) is 31.0 Å². The van der Waals surface area contributed by atoms with Crippen LogP contribution in [0.15, 0.2) is 18.5 Å². The molecule has 1 heterocycles. The predicted molar refractivity (Wildman–Crippen MR) is 42.1 cm³/mol. The number of aromatic amines is 1. The van der Waals surface area contributed by atoms with Gasteiger partial charge < -0.3 is 0 Å². The number of allylic oxidation sites excluding steroid dienone is 2. The van der Waals surface area contributed by atoms with Gasteiger partial charge in [0.05, 0.1) is 0 Å². The summed E-state index contributed by atoms with van der Waals surface area (Å²) in [6.07, 6.45) is 9.68. The molecule has 3 heteroatoms. The van der Waals surface area contributed by atoms with Crippen molar-refractivity contribution in [1.29, 1.82) is 0 Å². The normalized spacial score (nSPS) is 23.8. The molecule has 1 aromatic heterocycles. The fourth-order valence-electron chi connectivity index (χ4n) is 1.43. The van der Waals surface area contributed by atoms with Gasteiger partial charge in [0.1, 0.15) is 12.2 Å². The first-order valence-electron chi connectivity index (χ1n) is 3.99. The van der Waals surface area contributed by atoms with Crippen molar-refractivity contribution in [3.63, 3.8) is 0 Å². The van der Waals surface area contributed by atoms with E-state index in [-0.39, 0.29) is 0 Å². The lowest BCUT2D eigenvalue weighted by Gasteiger charge is -2.12. The number of nitrogens with zero attached hydrogens (tertiary/aromatic N) is 2. The Bertz CT molecular complexity index is 238. The first-order chi connectivity index (χ1) is 5.47. The maximum Gasteiger partial charge on any atom is 0.137 e. The van der Waals surface area contributed by atoms with E-state index in [1.807, 2.05) is 0 Å². The van der Waals surface area contributed by atoms with Crippen molar-refractivity contribution in [3.05, 3.63) is 24.3 Å². The van der Waals surface area contributed by atoms with Crippen LogP contribution in [0.4, 0.5) is 0 Å². The van der Waals surface area contributed by atoms with Crippen molar-refractivity contribution in [2.45, 2.75) is 25.2 Å². The van der Waals surface area contributed by atoms with Crippen molar-refractivity contribution in [1.82, 2.24) is 15.2 Å². The van der Waals surface area contributed by atoms with Crippen LogP contribution in [0.5, 0.6) is 0 Å². The van der Waals surface area contributed by atoms with Gasteiger partial charge in [-0.25, -0.2) is 4.98 Å². The van der Waals surface area contributed by atoms with E-state index < -0.39 is 0 Å². The Balaban J connectivity index is 2.16. The molecule has 1 aromatic rings. The van der Waals surface area contributed by atoms with Crippen molar-refractivity contribution in [2.24, 2.45) is 0 Å². The van der Waals surface area contributed by atoms with E-state index in [1.54, 1.807) is 6.33 Å². The summed E-state index contributed by atoms with van der Waals surface area (Å²) in [5, 5.41) is 6.72. The lowest BCUT2D eigenvalue weighted by molar-refractivity contribution is 0.627. The highest BCUT2D eigenvalue weighted by molar-refractivity contribution is 5.08. The third-order valence-corrected chi connectivity index (χ3v) is 2.04. The Kier molecular flexibility index (Phi) is 1.71. The zero-order valence-corrected chi connectivity index (χ0v) is 6.33. The van der Waals surface area contributed by atoms with E-state index in [2.05, 4.69) is 27.3 Å². The zero-order valence-electron chi connectivity index (χ0n) is 6.33. The molecule has 0 spiro atoms. The maximum atomic E-state index is 4.12. The lowest BCUT2D eigenvalue weighted by atomic mass is 9.95. The second-order valence-electron chi connectivity index (χ2n) is 2.84. The Morgan fingerprint density at radius 3 is 3.18 bits per heavy atom. The van der Waals surface area contributed by atoms with Crippen LogP contribution in [0.3, 0.4) is 0 Å². The molecule has 11 heavy (non-hydrogen) atoms. The highest BCUT2D eigenvalue weighted by Gasteiger charge is 2.12. The van der Waals surface area contributed by atoms with Gasteiger partial charge in [0, 0.05) is 5.92 Å². The van der Waals surface area contributed by atoms with Crippen molar-refractivity contribution in [2.75, 3.05) is 0 Å². The maximum absolute atomic E-state index is 4.12. The highest BCUT2D eigenvalue weighted by Crippen LogP contribution is 2.23. The van der Waals surface area contributed by atoms with E-state index in [0.29, 0.717) is 5.92 Å². The van der Waals surface area contributed by atoms with E-state index in [9.17, 15) is 0 Å². The zero-order chi connectivity index (χ0) is 7.52. The van der Waals surface area contributed by atoms with Gasteiger partial charge in [-0.15, -0.1) is 0 Å². The lowest BCUT2D eigenvalue weighted by Crippen LogP contribution is -2.01. The van der Waals surface area contributed by atoms with Crippen molar-refractivity contribution in [3.8, 4) is 0 Å². The molecule has 0 amide bonds. The number of nitrogens with one attached hydrogen (secondary N) is 1. The summed E-state index contributed by atoms with van der Waals surface area (Å²) in [5.41, 5.74) is 0. The SMILES string of the molecule is C1=CC(c2ncn[nH]2)CCC1. The van der Waals surface area contributed by atoms with Crippen LogP contribution >= 0.6 is 0 Å². The van der Waals surface area contributed by atoms with Gasteiger partial charge in [0.15, 0.2) is 0 Å². The quantitative estimate of drug-likeness (QED) is 0.616. The number of hydrogen-bond acceptors (Lipinski definition) is 2. The molecule has 0 bridgehead atoms. The fraction of sp³-hybridized carbons (Fsp3) is 0.500. The third-order valence-electron chi connectivity index (χ3n) is 2.04. The summed E-state index contributed by atoms with van der Waals surface area (Å²) >= 11 is 0. The second-order valence-corrected chi connectivity index (χ2v) is 2.84. The van der Waals surface area contributed by atoms with Crippen molar-refractivity contribution >= 4 is 0 Å². The predicted octanol–water partition coefficient (Wildman–Crippen LogP) is 1.63. The van der Waals surface area contributed by atoms with Crippen LogP contribution in [0, 0.1) is 0 Å². The summed E-state index contributed by atoms with van der Waals surface area (Å²) in [6.45, 7) is 0. The molecule has 0 saturated carbocycles. The van der Waals surface area contributed by atoms with E-state index in [4.69, 9.17) is 0 Å². The van der Waals surface area contributed by atoms with E-state index >= 15 is 0 Å². The molecule has 1 atom stereocenters. The Morgan fingerprint density at radius 1 is 1.55 bits per heavy atom. The minimum absolute atomic E-state index is 0.478. The molecule has 0 radical (unpaired) electrons. The van der Waals surface area contributed by atoms with E-state index in [1.165, 1.54) is 19.3 Å². The molecule has 3 nitrogen and oxygen atoms in total. The van der Waals surface area contributed by atoms with Gasteiger partial charge in [-0.05, 0) is 19.3 Å². The first-order valence-corrected chi connectivity index (χ1v) is 3.99. The van der Waals surface area contributed by atoms with Crippen LogP contribution in [0.25, 0.3) is 0 Å². The standard InChI is InChI=1S/C8H11N3/c1-2-4-7(5-3-1)8-9-6-10-11-8/h2,4,6-7H,1,3,5H2,(H,9,10,11). The number of H-pyrrole nitrogens is 1. The Hall–Kier alpha value is -1.12. The second kappa shape index (κ2) is 2.86. The van der Waals surface area contributed by atoms with Crippen LogP contribution in [-0.4, -0.2) is 15.2 Å². The van der Waals surface area contributed by atoms with Gasteiger partial charge in [0.2, 0.25) is 0 Å².